The molecule has 0 radical (unpaired) electrons. The van der Waals surface area contributed by atoms with Gasteiger partial charge in [-0.15, -0.1) is 0 Å². The number of nitrogens with one attached hydrogen (secondary N) is 1. The number of alkyl halides is 2. The number of hydrogen-bond acceptors (Lipinski definition) is 5. The van der Waals surface area contributed by atoms with Gasteiger partial charge in [0.1, 0.15) is 11.5 Å². The van der Waals surface area contributed by atoms with Crippen LogP contribution in [0.15, 0.2) is 103 Å². The lowest BCUT2D eigenvalue weighted by atomic mass is 9.97. The number of ether oxygens (including phenoxy) is 2. The average Bonchev–Trinajstić information content (AvgIpc) is 3.35. The molecule has 1 N–H and O–H groups in total. The van der Waals surface area contributed by atoms with Gasteiger partial charge in [0.15, 0.2) is 0 Å². The molecule has 1 atom stereocenters. The van der Waals surface area contributed by atoms with Crippen LogP contribution >= 0.6 is 11.6 Å². The number of rotatable bonds is 11. The topological polar surface area (TPSA) is 86.6 Å². The standard InChI is InChI=1S/C38H33ClF2N2O5/c1-4-24(37(45)42-28-10-6-5-7-11-28)20-32(36(40)41)26-9-8-12-30(19-26)48-35(44)22-31-23(2)43(34-18-17-29(47-3)21-33(31)34)38(46)25-13-15-27(39)16-14-25/h5-21,24,36H,4,22H2,1-3H3,(H,42,45)/b32-20+/t24-/m1/s1. The third-order valence-electron chi connectivity index (χ3n) is 7.99. The predicted molar refractivity (Wildman–Crippen MR) is 183 cm³/mol. The summed E-state index contributed by atoms with van der Waals surface area (Å²) in [4.78, 5) is 39.9. The third kappa shape index (κ3) is 7.64. The van der Waals surface area contributed by atoms with Crippen molar-refractivity contribution in [1.82, 2.24) is 4.57 Å². The molecule has 4 aromatic carbocycles. The Bertz CT molecular complexity index is 1990. The first kappa shape index (κ1) is 34.1. The maximum atomic E-state index is 14.4. The van der Waals surface area contributed by atoms with Gasteiger partial charge in [-0.1, -0.05) is 54.9 Å². The summed E-state index contributed by atoms with van der Waals surface area (Å²) in [7, 11) is 1.52. The van der Waals surface area contributed by atoms with Gasteiger partial charge in [0.25, 0.3) is 12.3 Å². The molecule has 0 unspecified atom stereocenters. The summed E-state index contributed by atoms with van der Waals surface area (Å²) in [6, 6.07) is 26.3. The minimum absolute atomic E-state index is 0.0575. The molecule has 0 aliphatic carbocycles. The summed E-state index contributed by atoms with van der Waals surface area (Å²) in [6.45, 7) is 3.48. The molecular formula is C38H33ClF2N2O5. The molecular weight excluding hydrogens is 638 g/mol. The average molecular weight is 671 g/mol. The number of amides is 1. The van der Waals surface area contributed by atoms with Crippen LogP contribution in [0.1, 0.15) is 40.5 Å². The number of hydrogen-bond donors (Lipinski definition) is 1. The molecule has 5 aromatic rings. The van der Waals surface area contributed by atoms with Crippen LogP contribution in [0, 0.1) is 12.8 Å². The molecule has 0 saturated heterocycles. The molecule has 246 valence electrons. The molecule has 48 heavy (non-hydrogen) atoms. The maximum Gasteiger partial charge on any atom is 0.315 e. The Morgan fingerprint density at radius 3 is 2.29 bits per heavy atom. The molecule has 1 amide bonds. The monoisotopic (exact) mass is 670 g/mol. The van der Waals surface area contributed by atoms with E-state index in [1.807, 2.05) is 6.07 Å². The van der Waals surface area contributed by atoms with Crippen molar-refractivity contribution in [3.8, 4) is 11.5 Å². The second-order valence-corrected chi connectivity index (χ2v) is 11.5. The highest BCUT2D eigenvalue weighted by Gasteiger charge is 2.24. The van der Waals surface area contributed by atoms with Crippen molar-refractivity contribution in [2.45, 2.75) is 33.1 Å². The molecule has 0 saturated carbocycles. The molecule has 0 aliphatic rings. The van der Waals surface area contributed by atoms with Crippen molar-refractivity contribution in [2.24, 2.45) is 5.92 Å². The van der Waals surface area contributed by atoms with E-state index in [4.69, 9.17) is 21.1 Å². The van der Waals surface area contributed by atoms with Crippen LogP contribution in [-0.2, 0) is 16.0 Å². The highest BCUT2D eigenvalue weighted by atomic mass is 35.5. The first-order valence-corrected chi connectivity index (χ1v) is 15.6. The number of halogens is 3. The summed E-state index contributed by atoms with van der Waals surface area (Å²) < 4.78 is 41.3. The Balaban J connectivity index is 1.41. The fraction of sp³-hybridized carbons (Fsp3) is 0.184. The van der Waals surface area contributed by atoms with E-state index >= 15 is 0 Å². The molecule has 1 aromatic heterocycles. The van der Waals surface area contributed by atoms with Gasteiger partial charge in [-0.05, 0) is 91.2 Å². The molecule has 0 fully saturated rings. The van der Waals surface area contributed by atoms with E-state index in [1.165, 1.54) is 42.0 Å². The van der Waals surface area contributed by atoms with E-state index in [1.54, 1.807) is 80.6 Å². The van der Waals surface area contributed by atoms with Crippen LogP contribution in [0.3, 0.4) is 0 Å². The van der Waals surface area contributed by atoms with Crippen molar-refractivity contribution in [3.05, 3.63) is 131 Å². The lowest BCUT2D eigenvalue weighted by molar-refractivity contribution is -0.133. The minimum atomic E-state index is -2.89. The molecule has 5 rings (SSSR count). The van der Waals surface area contributed by atoms with Crippen LogP contribution in [0.25, 0.3) is 16.5 Å². The Morgan fingerprint density at radius 1 is 0.896 bits per heavy atom. The second kappa shape index (κ2) is 15.1. The number of anilines is 1. The molecule has 7 nitrogen and oxygen atoms in total. The van der Waals surface area contributed by atoms with Gasteiger partial charge in [0.05, 0.1) is 25.0 Å². The fourth-order valence-electron chi connectivity index (χ4n) is 5.49. The number of fused-ring (bicyclic) bond motifs is 1. The SMILES string of the molecule is CC[C@H](/C=C(\c1cccc(OC(=O)Cc2c(C)n(C(=O)c3ccc(Cl)cc3)c3ccc(OC)cc23)c1)C(F)F)C(=O)Nc1ccccc1. The van der Waals surface area contributed by atoms with E-state index in [-0.39, 0.29) is 29.2 Å². The quantitative estimate of drug-likeness (QED) is 0.112. The number of methoxy groups -OCH3 is 1. The van der Waals surface area contributed by atoms with E-state index in [0.717, 1.165) is 0 Å². The summed E-state index contributed by atoms with van der Waals surface area (Å²) in [5.74, 6) is -1.61. The van der Waals surface area contributed by atoms with Gasteiger partial charge in [-0.3, -0.25) is 19.0 Å². The van der Waals surface area contributed by atoms with Crippen LogP contribution < -0.4 is 14.8 Å². The van der Waals surface area contributed by atoms with E-state index < -0.39 is 24.2 Å². The maximum absolute atomic E-state index is 14.4. The highest BCUT2D eigenvalue weighted by molar-refractivity contribution is 6.30. The fourth-order valence-corrected chi connectivity index (χ4v) is 5.62. The number of nitrogens with zero attached hydrogens (tertiary/aromatic N) is 1. The summed E-state index contributed by atoms with van der Waals surface area (Å²) in [5.41, 5.74) is 2.40. The number of aromatic nitrogens is 1. The zero-order valence-corrected chi connectivity index (χ0v) is 27.3. The van der Waals surface area contributed by atoms with Crippen molar-refractivity contribution < 1.29 is 32.6 Å². The summed E-state index contributed by atoms with van der Waals surface area (Å²) in [6.07, 6.45) is -1.55. The molecule has 0 bridgehead atoms. The van der Waals surface area contributed by atoms with Gasteiger partial charge in [0, 0.05) is 32.9 Å². The zero-order valence-electron chi connectivity index (χ0n) is 26.5. The Hall–Kier alpha value is -5.28. The summed E-state index contributed by atoms with van der Waals surface area (Å²) in [5, 5.41) is 3.88. The Kier molecular flexibility index (Phi) is 10.7. The smallest absolute Gasteiger partial charge is 0.315 e. The molecule has 0 spiro atoms. The van der Waals surface area contributed by atoms with Crippen LogP contribution in [0.2, 0.25) is 5.02 Å². The van der Waals surface area contributed by atoms with Crippen molar-refractivity contribution >= 4 is 51.5 Å². The van der Waals surface area contributed by atoms with Gasteiger partial charge in [-0.25, -0.2) is 8.78 Å². The van der Waals surface area contributed by atoms with E-state index in [0.29, 0.717) is 50.6 Å². The molecule has 10 heteroatoms. The number of para-hydroxylation sites is 1. The number of carbonyl (C=O) groups is 3. The zero-order chi connectivity index (χ0) is 34.4. The normalized spacial score (nSPS) is 12.2. The Morgan fingerprint density at radius 2 is 1.62 bits per heavy atom. The predicted octanol–water partition coefficient (Wildman–Crippen LogP) is 8.76. The van der Waals surface area contributed by atoms with Crippen LogP contribution in [0.5, 0.6) is 11.5 Å². The first-order valence-electron chi connectivity index (χ1n) is 15.2. The number of allylic oxidation sites excluding steroid dienone is 1. The molecule has 0 aliphatic heterocycles. The van der Waals surface area contributed by atoms with E-state index in [9.17, 15) is 23.2 Å². The number of carbonyl (C=O) groups excluding carboxylic acids is 3. The van der Waals surface area contributed by atoms with Gasteiger partial charge in [0.2, 0.25) is 5.91 Å². The van der Waals surface area contributed by atoms with Crippen LogP contribution in [0.4, 0.5) is 14.5 Å². The van der Waals surface area contributed by atoms with Gasteiger partial charge >= 0.3 is 5.97 Å². The second-order valence-electron chi connectivity index (χ2n) is 11.1. The van der Waals surface area contributed by atoms with Crippen molar-refractivity contribution in [3.63, 3.8) is 0 Å². The highest BCUT2D eigenvalue weighted by Crippen LogP contribution is 2.32. The molecule has 1 heterocycles. The third-order valence-corrected chi connectivity index (χ3v) is 8.24. The van der Waals surface area contributed by atoms with E-state index in [2.05, 4.69) is 5.32 Å². The number of esters is 1. The van der Waals surface area contributed by atoms with Gasteiger partial charge in [-0.2, -0.15) is 0 Å². The lowest BCUT2D eigenvalue weighted by Crippen LogP contribution is -2.21. The minimum Gasteiger partial charge on any atom is -0.497 e. The first-order chi connectivity index (χ1) is 23.1. The van der Waals surface area contributed by atoms with Crippen LogP contribution in [-0.4, -0.2) is 35.9 Å². The lowest BCUT2D eigenvalue weighted by Gasteiger charge is -2.15. The largest absolute Gasteiger partial charge is 0.497 e. The Labute approximate surface area is 281 Å². The summed E-state index contributed by atoms with van der Waals surface area (Å²) >= 11 is 6.02. The van der Waals surface area contributed by atoms with Crippen molar-refractivity contribution in [2.75, 3.05) is 12.4 Å². The van der Waals surface area contributed by atoms with Gasteiger partial charge < -0.3 is 14.8 Å². The van der Waals surface area contributed by atoms with Crippen molar-refractivity contribution in [1.29, 1.82) is 0 Å². The number of benzene rings is 4.